The van der Waals surface area contributed by atoms with Gasteiger partial charge in [0, 0.05) is 16.4 Å². The van der Waals surface area contributed by atoms with E-state index < -0.39 is 20.0 Å². The zero-order valence-corrected chi connectivity index (χ0v) is 9.59. The molecule has 1 aromatic rings. The molecule has 0 aromatic carbocycles. The van der Waals surface area contributed by atoms with Crippen molar-refractivity contribution in [2.75, 3.05) is 7.11 Å². The molecule has 0 atom stereocenters. The summed E-state index contributed by atoms with van der Waals surface area (Å²) in [6.07, 6.45) is 0. The summed E-state index contributed by atoms with van der Waals surface area (Å²) in [4.78, 5) is 14.9. The highest BCUT2D eigenvalue weighted by molar-refractivity contribution is 8.13. The predicted octanol–water partition coefficient (Wildman–Crippen LogP) is 1.10. The Morgan fingerprint density at radius 2 is 2.07 bits per heavy atom. The van der Waals surface area contributed by atoms with Crippen LogP contribution in [-0.4, -0.2) is 26.5 Å². The SMILES string of the molecule is COC(=O)c1ccc(C)nc1S(=O)(=O)Cl. The molecule has 0 aliphatic rings. The Bertz CT molecular complexity index is 497. The van der Waals surface area contributed by atoms with E-state index in [-0.39, 0.29) is 5.56 Å². The van der Waals surface area contributed by atoms with E-state index in [0.717, 1.165) is 7.11 Å². The summed E-state index contributed by atoms with van der Waals surface area (Å²) < 4.78 is 26.7. The van der Waals surface area contributed by atoms with Crippen LogP contribution in [-0.2, 0) is 13.8 Å². The summed E-state index contributed by atoms with van der Waals surface area (Å²) in [6.45, 7) is 1.59. The van der Waals surface area contributed by atoms with Gasteiger partial charge in [-0.05, 0) is 19.1 Å². The van der Waals surface area contributed by atoms with Gasteiger partial charge in [0.25, 0.3) is 9.05 Å². The number of methoxy groups -OCH3 is 1. The lowest BCUT2D eigenvalue weighted by Crippen LogP contribution is -2.10. The van der Waals surface area contributed by atoms with Gasteiger partial charge in [-0.2, -0.15) is 0 Å². The predicted molar refractivity (Wildman–Crippen MR) is 53.4 cm³/mol. The highest BCUT2D eigenvalue weighted by Gasteiger charge is 2.22. The van der Waals surface area contributed by atoms with Crippen molar-refractivity contribution in [1.82, 2.24) is 4.98 Å². The number of aryl methyl sites for hydroxylation is 1. The van der Waals surface area contributed by atoms with Gasteiger partial charge >= 0.3 is 5.97 Å². The molecule has 0 amide bonds. The minimum Gasteiger partial charge on any atom is -0.465 e. The van der Waals surface area contributed by atoms with Gasteiger partial charge in [-0.25, -0.2) is 18.2 Å². The van der Waals surface area contributed by atoms with E-state index in [4.69, 9.17) is 10.7 Å². The average molecular weight is 250 g/mol. The van der Waals surface area contributed by atoms with Crippen molar-refractivity contribution in [2.24, 2.45) is 0 Å². The number of nitrogens with zero attached hydrogens (tertiary/aromatic N) is 1. The van der Waals surface area contributed by atoms with Gasteiger partial charge in [0.05, 0.1) is 12.7 Å². The van der Waals surface area contributed by atoms with E-state index in [2.05, 4.69) is 9.72 Å². The first-order chi connectivity index (χ1) is 6.86. The molecule has 0 saturated carbocycles. The second-order valence-electron chi connectivity index (χ2n) is 2.73. The third-order valence-corrected chi connectivity index (χ3v) is 2.85. The Kier molecular flexibility index (Phi) is 3.31. The van der Waals surface area contributed by atoms with Crippen LogP contribution in [0.15, 0.2) is 17.2 Å². The minimum atomic E-state index is -4.05. The van der Waals surface area contributed by atoms with Crippen LogP contribution in [0, 0.1) is 6.92 Å². The van der Waals surface area contributed by atoms with Gasteiger partial charge in [0.15, 0.2) is 5.03 Å². The number of halogens is 1. The molecule has 0 fully saturated rings. The normalized spacial score (nSPS) is 11.1. The number of pyridine rings is 1. The molecule has 0 spiro atoms. The smallest absolute Gasteiger partial charge is 0.340 e. The molecular formula is C8H8ClNO4S. The van der Waals surface area contributed by atoms with Gasteiger partial charge in [0.2, 0.25) is 0 Å². The summed E-state index contributed by atoms with van der Waals surface area (Å²) in [5, 5.41) is -0.476. The number of hydrogen-bond acceptors (Lipinski definition) is 5. The van der Waals surface area contributed by atoms with E-state index in [1.165, 1.54) is 12.1 Å². The molecule has 0 bridgehead atoms. The van der Waals surface area contributed by atoms with E-state index in [0.29, 0.717) is 5.69 Å². The number of esters is 1. The first-order valence-corrected chi connectivity index (χ1v) is 6.18. The topological polar surface area (TPSA) is 73.3 Å². The zero-order chi connectivity index (χ0) is 11.6. The van der Waals surface area contributed by atoms with Crippen molar-refractivity contribution in [1.29, 1.82) is 0 Å². The van der Waals surface area contributed by atoms with E-state index in [1.54, 1.807) is 6.92 Å². The summed E-state index contributed by atoms with van der Waals surface area (Å²) >= 11 is 0. The van der Waals surface area contributed by atoms with Crippen molar-refractivity contribution >= 4 is 25.7 Å². The summed E-state index contributed by atoms with van der Waals surface area (Å²) in [5.41, 5.74) is 0.278. The van der Waals surface area contributed by atoms with Gasteiger partial charge in [-0.3, -0.25) is 0 Å². The van der Waals surface area contributed by atoms with Crippen LogP contribution in [0.1, 0.15) is 16.1 Å². The zero-order valence-electron chi connectivity index (χ0n) is 8.02. The number of hydrogen-bond donors (Lipinski definition) is 0. The first kappa shape index (κ1) is 11.9. The standard InChI is InChI=1S/C8H8ClNO4S/c1-5-3-4-6(8(11)14-2)7(10-5)15(9,12)13/h3-4H,1-2H3. The number of carbonyl (C=O) groups is 1. The molecule has 0 unspecified atom stereocenters. The Morgan fingerprint density at radius 3 is 2.53 bits per heavy atom. The van der Waals surface area contributed by atoms with Crippen LogP contribution in [0.4, 0.5) is 0 Å². The number of carbonyl (C=O) groups excluding carboxylic acids is 1. The second kappa shape index (κ2) is 4.16. The quantitative estimate of drug-likeness (QED) is 0.580. The lowest BCUT2D eigenvalue weighted by molar-refractivity contribution is 0.0595. The molecule has 7 heteroatoms. The molecular weight excluding hydrogens is 242 g/mol. The average Bonchev–Trinajstić information content (AvgIpc) is 2.15. The van der Waals surface area contributed by atoms with Crippen LogP contribution in [0.2, 0.25) is 0 Å². The molecule has 5 nitrogen and oxygen atoms in total. The number of rotatable bonds is 2. The summed E-state index contributed by atoms with van der Waals surface area (Å²) in [5.74, 6) is -0.790. The monoisotopic (exact) mass is 249 g/mol. The fourth-order valence-electron chi connectivity index (χ4n) is 0.984. The fourth-order valence-corrected chi connectivity index (χ4v) is 2.00. The maximum atomic E-state index is 11.2. The molecule has 15 heavy (non-hydrogen) atoms. The third-order valence-electron chi connectivity index (χ3n) is 1.64. The maximum absolute atomic E-state index is 11.2. The van der Waals surface area contributed by atoms with Crippen LogP contribution in [0.3, 0.4) is 0 Å². The van der Waals surface area contributed by atoms with Crippen molar-refractivity contribution in [3.05, 3.63) is 23.4 Å². The molecule has 1 aromatic heterocycles. The Hall–Kier alpha value is -1.14. The van der Waals surface area contributed by atoms with Crippen LogP contribution < -0.4 is 0 Å². The Morgan fingerprint density at radius 1 is 1.47 bits per heavy atom. The summed E-state index contributed by atoms with van der Waals surface area (Å²) in [6, 6.07) is 2.81. The molecule has 0 radical (unpaired) electrons. The van der Waals surface area contributed by atoms with Crippen LogP contribution in [0.25, 0.3) is 0 Å². The van der Waals surface area contributed by atoms with Crippen molar-refractivity contribution in [3.8, 4) is 0 Å². The molecule has 1 heterocycles. The van der Waals surface area contributed by atoms with Crippen molar-refractivity contribution in [2.45, 2.75) is 11.9 Å². The van der Waals surface area contributed by atoms with E-state index in [9.17, 15) is 13.2 Å². The highest BCUT2D eigenvalue weighted by Crippen LogP contribution is 2.18. The first-order valence-electron chi connectivity index (χ1n) is 3.87. The Labute approximate surface area is 91.5 Å². The second-order valence-corrected chi connectivity index (χ2v) is 5.22. The van der Waals surface area contributed by atoms with Gasteiger partial charge in [-0.15, -0.1) is 0 Å². The van der Waals surface area contributed by atoms with Gasteiger partial charge in [0.1, 0.15) is 0 Å². The fraction of sp³-hybridized carbons (Fsp3) is 0.250. The summed E-state index contributed by atoms with van der Waals surface area (Å²) in [7, 11) is 2.23. The molecule has 0 aliphatic heterocycles. The third kappa shape index (κ3) is 2.66. The van der Waals surface area contributed by atoms with E-state index >= 15 is 0 Å². The lowest BCUT2D eigenvalue weighted by Gasteiger charge is -2.04. The minimum absolute atomic E-state index is 0.168. The van der Waals surface area contributed by atoms with Crippen LogP contribution in [0.5, 0.6) is 0 Å². The lowest BCUT2D eigenvalue weighted by atomic mass is 10.2. The van der Waals surface area contributed by atoms with Gasteiger partial charge < -0.3 is 4.74 Å². The maximum Gasteiger partial charge on any atom is 0.340 e. The van der Waals surface area contributed by atoms with Crippen LogP contribution >= 0.6 is 10.7 Å². The van der Waals surface area contributed by atoms with Gasteiger partial charge in [-0.1, -0.05) is 0 Å². The Balaban J connectivity index is 3.47. The highest BCUT2D eigenvalue weighted by atomic mass is 35.7. The number of ether oxygens (including phenoxy) is 1. The van der Waals surface area contributed by atoms with Crippen molar-refractivity contribution in [3.63, 3.8) is 0 Å². The molecule has 82 valence electrons. The largest absolute Gasteiger partial charge is 0.465 e. The number of aromatic nitrogens is 1. The molecule has 0 saturated heterocycles. The van der Waals surface area contributed by atoms with Crippen molar-refractivity contribution < 1.29 is 17.9 Å². The van der Waals surface area contributed by atoms with E-state index in [1.807, 2.05) is 0 Å². The molecule has 0 aliphatic carbocycles. The molecule has 1 rings (SSSR count). The molecule has 0 N–H and O–H groups in total.